The van der Waals surface area contributed by atoms with E-state index in [4.69, 9.17) is 13.9 Å². The zero-order valence-corrected chi connectivity index (χ0v) is 20.9. The van der Waals surface area contributed by atoms with E-state index in [0.29, 0.717) is 5.92 Å². The topological polar surface area (TPSA) is 30.9 Å². The summed E-state index contributed by atoms with van der Waals surface area (Å²) in [4.78, 5) is 2.75. The molecule has 1 atom stereocenters. The van der Waals surface area contributed by atoms with Crippen LogP contribution in [-0.4, -0.2) is 45.4 Å². The SMILES string of the molecule is C[C@@H](CO[Si](C)(C)C(C)(C)C)CN1Cc2ccccc2C12CCC1(CC2)OCCO1. The van der Waals surface area contributed by atoms with Crippen molar-refractivity contribution in [3.63, 3.8) is 0 Å². The number of hydrogen-bond acceptors (Lipinski definition) is 4. The molecule has 0 bridgehead atoms. The average Bonchev–Trinajstić information content (AvgIpc) is 3.26. The van der Waals surface area contributed by atoms with Crippen molar-refractivity contribution in [1.82, 2.24) is 4.90 Å². The molecule has 0 amide bonds. The smallest absolute Gasteiger partial charge is 0.191 e. The van der Waals surface area contributed by atoms with Crippen LogP contribution >= 0.6 is 0 Å². The third-order valence-corrected chi connectivity index (χ3v) is 12.7. The lowest BCUT2D eigenvalue weighted by molar-refractivity contribution is -0.195. The normalized spacial score (nSPS) is 24.5. The maximum atomic E-state index is 6.57. The molecule has 30 heavy (non-hydrogen) atoms. The van der Waals surface area contributed by atoms with Crippen LogP contribution in [0.4, 0.5) is 0 Å². The summed E-state index contributed by atoms with van der Waals surface area (Å²) in [6, 6.07) is 9.08. The Kier molecular flexibility index (Phi) is 5.99. The van der Waals surface area contributed by atoms with E-state index in [1.54, 1.807) is 0 Å². The Morgan fingerprint density at radius 2 is 1.70 bits per heavy atom. The number of rotatable bonds is 5. The molecular weight excluding hydrogens is 390 g/mol. The molecule has 0 N–H and O–H groups in total. The molecule has 2 fully saturated rings. The summed E-state index contributed by atoms with van der Waals surface area (Å²) in [5.41, 5.74) is 3.16. The van der Waals surface area contributed by atoms with E-state index in [2.05, 4.69) is 70.0 Å². The Morgan fingerprint density at radius 3 is 2.33 bits per heavy atom. The van der Waals surface area contributed by atoms with E-state index < -0.39 is 8.32 Å². The molecule has 1 aromatic carbocycles. The molecule has 4 rings (SSSR count). The van der Waals surface area contributed by atoms with Crippen LogP contribution in [-0.2, 0) is 26.0 Å². The van der Waals surface area contributed by atoms with Crippen LogP contribution in [0.1, 0.15) is 64.5 Å². The minimum atomic E-state index is -1.71. The Hall–Kier alpha value is -0.723. The third-order valence-electron chi connectivity index (χ3n) is 8.20. The lowest BCUT2D eigenvalue weighted by Crippen LogP contribution is -2.50. The van der Waals surface area contributed by atoms with Gasteiger partial charge in [0.25, 0.3) is 0 Å². The molecule has 2 aliphatic heterocycles. The monoisotopic (exact) mass is 431 g/mol. The first-order valence-corrected chi connectivity index (χ1v) is 14.7. The molecule has 3 aliphatic rings. The Labute approximate surface area is 184 Å². The van der Waals surface area contributed by atoms with Crippen molar-refractivity contribution in [2.75, 3.05) is 26.4 Å². The van der Waals surface area contributed by atoms with Crippen LogP contribution in [0, 0.1) is 5.92 Å². The van der Waals surface area contributed by atoms with E-state index in [9.17, 15) is 0 Å². The van der Waals surface area contributed by atoms with Gasteiger partial charge >= 0.3 is 0 Å². The lowest BCUT2D eigenvalue weighted by atomic mass is 9.74. The van der Waals surface area contributed by atoms with Crippen molar-refractivity contribution in [3.05, 3.63) is 35.4 Å². The number of ether oxygens (including phenoxy) is 2. The second-order valence-electron chi connectivity index (χ2n) is 11.4. The number of benzene rings is 1. The van der Waals surface area contributed by atoms with Gasteiger partial charge in [-0.3, -0.25) is 4.90 Å². The fourth-order valence-electron chi connectivity index (χ4n) is 5.29. The highest BCUT2D eigenvalue weighted by Gasteiger charge is 2.52. The Balaban J connectivity index is 1.47. The van der Waals surface area contributed by atoms with E-state index in [1.807, 2.05) is 0 Å². The first kappa shape index (κ1) is 22.5. The maximum Gasteiger partial charge on any atom is 0.191 e. The Bertz CT molecular complexity index is 741. The van der Waals surface area contributed by atoms with Crippen LogP contribution in [0.25, 0.3) is 0 Å². The molecule has 1 aliphatic carbocycles. The third kappa shape index (κ3) is 4.04. The molecule has 5 heteroatoms. The van der Waals surface area contributed by atoms with E-state index in [1.165, 1.54) is 11.1 Å². The fourth-order valence-corrected chi connectivity index (χ4v) is 6.42. The second kappa shape index (κ2) is 8.00. The van der Waals surface area contributed by atoms with Gasteiger partial charge in [-0.1, -0.05) is 52.0 Å². The van der Waals surface area contributed by atoms with Gasteiger partial charge in [0.2, 0.25) is 0 Å². The zero-order chi connectivity index (χ0) is 21.6. The minimum Gasteiger partial charge on any atom is -0.417 e. The van der Waals surface area contributed by atoms with E-state index >= 15 is 0 Å². The second-order valence-corrected chi connectivity index (χ2v) is 16.2. The molecule has 0 aromatic heterocycles. The van der Waals surface area contributed by atoms with Crippen LogP contribution in [0.2, 0.25) is 18.1 Å². The standard InChI is InChI=1S/C25H41NO3Si/c1-20(19-29-30(5,6)23(2,3)4)17-26-18-21-9-7-8-10-22(21)24(26)11-13-25(14-12-24)27-15-16-28-25/h7-10,20H,11-19H2,1-6H3/t20-/m1/s1. The molecule has 1 saturated carbocycles. The van der Waals surface area contributed by atoms with Gasteiger partial charge in [0.1, 0.15) is 0 Å². The molecule has 1 saturated heterocycles. The van der Waals surface area contributed by atoms with Gasteiger partial charge in [0.05, 0.1) is 13.2 Å². The lowest BCUT2D eigenvalue weighted by Gasteiger charge is -2.48. The predicted molar refractivity (Wildman–Crippen MR) is 124 cm³/mol. The van der Waals surface area contributed by atoms with Gasteiger partial charge in [0, 0.05) is 38.1 Å². The molecule has 2 spiro atoms. The molecule has 2 heterocycles. The van der Waals surface area contributed by atoms with Crippen molar-refractivity contribution >= 4 is 8.32 Å². The quantitative estimate of drug-likeness (QED) is 0.562. The highest BCUT2D eigenvalue weighted by molar-refractivity contribution is 6.74. The summed E-state index contributed by atoms with van der Waals surface area (Å²) >= 11 is 0. The molecule has 0 radical (unpaired) electrons. The maximum absolute atomic E-state index is 6.57. The van der Waals surface area contributed by atoms with Crippen molar-refractivity contribution in [2.45, 2.75) is 89.4 Å². The fraction of sp³-hybridized carbons (Fsp3) is 0.760. The summed E-state index contributed by atoms with van der Waals surface area (Å²) < 4.78 is 18.6. The predicted octanol–water partition coefficient (Wildman–Crippen LogP) is 5.67. The summed E-state index contributed by atoms with van der Waals surface area (Å²) in [7, 11) is -1.71. The largest absolute Gasteiger partial charge is 0.417 e. The summed E-state index contributed by atoms with van der Waals surface area (Å²) in [5.74, 6) is 0.200. The summed E-state index contributed by atoms with van der Waals surface area (Å²) in [6.45, 7) is 18.5. The van der Waals surface area contributed by atoms with Gasteiger partial charge in [0.15, 0.2) is 14.1 Å². The van der Waals surface area contributed by atoms with Gasteiger partial charge < -0.3 is 13.9 Å². The van der Waals surface area contributed by atoms with Crippen molar-refractivity contribution in [1.29, 1.82) is 0 Å². The van der Waals surface area contributed by atoms with Crippen molar-refractivity contribution in [3.8, 4) is 0 Å². The molecule has 1 aromatic rings. The zero-order valence-electron chi connectivity index (χ0n) is 19.9. The van der Waals surface area contributed by atoms with Gasteiger partial charge in [-0.15, -0.1) is 0 Å². The average molecular weight is 432 g/mol. The van der Waals surface area contributed by atoms with Crippen molar-refractivity contribution in [2.24, 2.45) is 5.92 Å². The van der Waals surface area contributed by atoms with Gasteiger partial charge in [-0.05, 0) is 48.0 Å². The highest BCUT2D eigenvalue weighted by Crippen LogP contribution is 2.52. The van der Waals surface area contributed by atoms with Crippen LogP contribution in [0.5, 0.6) is 0 Å². The first-order chi connectivity index (χ1) is 14.1. The number of fused-ring (bicyclic) bond motifs is 2. The van der Waals surface area contributed by atoms with E-state index in [0.717, 1.165) is 58.6 Å². The highest BCUT2D eigenvalue weighted by atomic mass is 28.4. The first-order valence-electron chi connectivity index (χ1n) is 11.8. The molecular formula is C25H41NO3Si. The Morgan fingerprint density at radius 1 is 1.07 bits per heavy atom. The van der Waals surface area contributed by atoms with E-state index in [-0.39, 0.29) is 16.4 Å². The minimum absolute atomic E-state index is 0.127. The van der Waals surface area contributed by atoms with Crippen LogP contribution in [0.15, 0.2) is 24.3 Å². The molecule has 4 nitrogen and oxygen atoms in total. The number of nitrogens with zero attached hydrogens (tertiary/aromatic N) is 1. The van der Waals surface area contributed by atoms with Crippen molar-refractivity contribution < 1.29 is 13.9 Å². The molecule has 0 unspecified atom stereocenters. The van der Waals surface area contributed by atoms with Gasteiger partial charge in [-0.25, -0.2) is 0 Å². The van der Waals surface area contributed by atoms with Gasteiger partial charge in [-0.2, -0.15) is 0 Å². The number of hydrogen-bond donors (Lipinski definition) is 0. The summed E-state index contributed by atoms with van der Waals surface area (Å²) in [6.07, 6.45) is 4.21. The summed E-state index contributed by atoms with van der Waals surface area (Å²) in [5, 5.41) is 0.261. The van der Waals surface area contributed by atoms with Crippen LogP contribution < -0.4 is 0 Å². The van der Waals surface area contributed by atoms with Crippen LogP contribution in [0.3, 0.4) is 0 Å². The molecule has 168 valence electrons.